The van der Waals surface area contributed by atoms with Crippen LogP contribution in [0.25, 0.3) is 0 Å². The third-order valence-corrected chi connectivity index (χ3v) is 2.68. The Morgan fingerprint density at radius 1 is 1.31 bits per heavy atom. The maximum absolute atomic E-state index is 8.99. The van der Waals surface area contributed by atoms with Crippen molar-refractivity contribution >= 4 is 0 Å². The van der Waals surface area contributed by atoms with E-state index in [0.717, 1.165) is 0 Å². The van der Waals surface area contributed by atoms with Crippen molar-refractivity contribution < 1.29 is 19.3 Å². The van der Waals surface area contributed by atoms with Crippen LogP contribution in [0.1, 0.15) is 20.8 Å². The SMILES string of the molecule is C[C@@H]1[C@H]2OC(C)(C)O[C@H]2O[C@H]1CO. The van der Waals surface area contributed by atoms with E-state index < -0.39 is 5.79 Å². The first kappa shape index (κ1) is 9.40. The highest BCUT2D eigenvalue weighted by atomic mass is 16.8. The number of hydrogen-bond acceptors (Lipinski definition) is 4. The van der Waals surface area contributed by atoms with Gasteiger partial charge in [-0.3, -0.25) is 0 Å². The maximum Gasteiger partial charge on any atom is 0.187 e. The zero-order chi connectivity index (χ0) is 9.64. The fraction of sp³-hybridized carbons (Fsp3) is 1.00. The van der Waals surface area contributed by atoms with Crippen LogP contribution in [0, 0.1) is 5.92 Å². The Bertz CT molecular complexity index is 204. The van der Waals surface area contributed by atoms with Gasteiger partial charge in [-0.05, 0) is 13.8 Å². The Morgan fingerprint density at radius 2 is 2.00 bits per heavy atom. The Morgan fingerprint density at radius 3 is 2.54 bits per heavy atom. The van der Waals surface area contributed by atoms with Crippen LogP contribution >= 0.6 is 0 Å². The molecule has 4 nitrogen and oxygen atoms in total. The lowest BCUT2D eigenvalue weighted by molar-refractivity contribution is -0.212. The van der Waals surface area contributed by atoms with Gasteiger partial charge >= 0.3 is 0 Å². The molecule has 76 valence electrons. The van der Waals surface area contributed by atoms with Crippen molar-refractivity contribution in [3.63, 3.8) is 0 Å². The number of rotatable bonds is 1. The average molecular weight is 188 g/mol. The fourth-order valence-corrected chi connectivity index (χ4v) is 1.94. The van der Waals surface area contributed by atoms with Gasteiger partial charge in [0.1, 0.15) is 6.10 Å². The summed E-state index contributed by atoms with van der Waals surface area (Å²) < 4.78 is 16.7. The first-order valence-corrected chi connectivity index (χ1v) is 4.65. The molecule has 2 aliphatic rings. The highest BCUT2D eigenvalue weighted by Crippen LogP contribution is 2.40. The van der Waals surface area contributed by atoms with E-state index in [4.69, 9.17) is 19.3 Å². The van der Waals surface area contributed by atoms with Crippen LogP contribution in [-0.2, 0) is 14.2 Å². The van der Waals surface area contributed by atoms with Crippen molar-refractivity contribution in [2.45, 2.75) is 45.1 Å². The molecule has 2 saturated heterocycles. The van der Waals surface area contributed by atoms with Gasteiger partial charge in [0.05, 0.1) is 12.7 Å². The molecule has 2 aliphatic heterocycles. The van der Waals surface area contributed by atoms with Gasteiger partial charge in [0.25, 0.3) is 0 Å². The number of aliphatic hydroxyl groups excluding tert-OH is 1. The summed E-state index contributed by atoms with van der Waals surface area (Å²) in [5, 5.41) is 8.99. The summed E-state index contributed by atoms with van der Waals surface area (Å²) in [6.45, 7) is 5.78. The van der Waals surface area contributed by atoms with Gasteiger partial charge in [0.15, 0.2) is 12.1 Å². The molecule has 0 aromatic rings. The van der Waals surface area contributed by atoms with Crippen molar-refractivity contribution in [2.24, 2.45) is 5.92 Å². The molecule has 1 N–H and O–H groups in total. The second kappa shape index (κ2) is 2.92. The second-order valence-corrected chi connectivity index (χ2v) is 4.18. The highest BCUT2D eigenvalue weighted by molar-refractivity contribution is 4.90. The number of fused-ring (bicyclic) bond motifs is 1. The topological polar surface area (TPSA) is 47.9 Å². The monoisotopic (exact) mass is 188 g/mol. The van der Waals surface area contributed by atoms with Crippen molar-refractivity contribution in [1.82, 2.24) is 0 Å². The van der Waals surface area contributed by atoms with Crippen LogP contribution in [0.4, 0.5) is 0 Å². The van der Waals surface area contributed by atoms with Crippen LogP contribution in [0.5, 0.6) is 0 Å². The van der Waals surface area contributed by atoms with Gasteiger partial charge in [0.2, 0.25) is 0 Å². The molecule has 13 heavy (non-hydrogen) atoms. The van der Waals surface area contributed by atoms with Gasteiger partial charge in [0, 0.05) is 5.92 Å². The molecule has 0 aromatic heterocycles. The molecule has 0 aliphatic carbocycles. The van der Waals surface area contributed by atoms with E-state index in [1.165, 1.54) is 0 Å². The summed E-state index contributed by atoms with van der Waals surface area (Å²) in [5.41, 5.74) is 0. The molecule has 4 heteroatoms. The summed E-state index contributed by atoms with van der Waals surface area (Å²) in [6, 6.07) is 0. The highest BCUT2D eigenvalue weighted by Gasteiger charge is 2.52. The Balaban J connectivity index is 2.07. The third-order valence-electron chi connectivity index (χ3n) is 2.68. The fourth-order valence-electron chi connectivity index (χ4n) is 1.94. The van der Waals surface area contributed by atoms with E-state index in [2.05, 4.69) is 0 Å². The number of ether oxygens (including phenoxy) is 3. The van der Waals surface area contributed by atoms with Crippen molar-refractivity contribution in [2.75, 3.05) is 6.61 Å². The van der Waals surface area contributed by atoms with E-state index in [9.17, 15) is 0 Å². The third kappa shape index (κ3) is 1.48. The molecule has 0 spiro atoms. The molecule has 0 amide bonds. The van der Waals surface area contributed by atoms with Crippen molar-refractivity contribution in [3.05, 3.63) is 0 Å². The molecule has 0 unspecified atom stereocenters. The first-order valence-electron chi connectivity index (χ1n) is 4.65. The molecule has 2 heterocycles. The summed E-state index contributed by atoms with van der Waals surface area (Å²) in [4.78, 5) is 0. The molecule has 0 radical (unpaired) electrons. The molecule has 2 fully saturated rings. The van der Waals surface area contributed by atoms with Crippen LogP contribution in [0.15, 0.2) is 0 Å². The molecule has 4 atom stereocenters. The lowest BCUT2D eigenvalue weighted by Gasteiger charge is -2.22. The van der Waals surface area contributed by atoms with E-state index in [1.807, 2.05) is 20.8 Å². The van der Waals surface area contributed by atoms with Crippen molar-refractivity contribution in [1.29, 1.82) is 0 Å². The van der Waals surface area contributed by atoms with E-state index >= 15 is 0 Å². The molecular weight excluding hydrogens is 172 g/mol. The summed E-state index contributed by atoms with van der Waals surface area (Å²) in [6.07, 6.45) is -0.486. The van der Waals surface area contributed by atoms with Gasteiger partial charge in [-0.25, -0.2) is 0 Å². The second-order valence-electron chi connectivity index (χ2n) is 4.18. The Labute approximate surface area is 77.8 Å². The molecule has 2 rings (SSSR count). The maximum atomic E-state index is 8.99. The lowest BCUT2D eigenvalue weighted by Crippen LogP contribution is -2.30. The molecule has 0 bridgehead atoms. The lowest BCUT2D eigenvalue weighted by atomic mass is 10.0. The molecular formula is C9H16O4. The van der Waals surface area contributed by atoms with Crippen LogP contribution in [0.2, 0.25) is 0 Å². The normalized spacial score (nSPS) is 48.0. The Kier molecular flexibility index (Phi) is 2.11. The minimum Gasteiger partial charge on any atom is -0.394 e. The first-order chi connectivity index (χ1) is 6.03. The van der Waals surface area contributed by atoms with Crippen LogP contribution in [0.3, 0.4) is 0 Å². The van der Waals surface area contributed by atoms with Gasteiger partial charge in [-0.15, -0.1) is 0 Å². The number of aliphatic hydroxyl groups is 1. The number of hydrogen-bond donors (Lipinski definition) is 1. The minimum absolute atomic E-state index is 0.0291. The zero-order valence-electron chi connectivity index (χ0n) is 8.19. The van der Waals surface area contributed by atoms with Gasteiger partial charge in [-0.2, -0.15) is 0 Å². The standard InChI is InChI=1S/C9H16O4/c1-5-6(4-10)11-8-7(5)12-9(2,3)13-8/h5-8,10H,4H2,1-3H3/t5-,6-,7+,8+/m0/s1. The molecule has 0 saturated carbocycles. The Hall–Kier alpha value is -0.160. The minimum atomic E-state index is -0.552. The molecule has 0 aromatic carbocycles. The van der Waals surface area contributed by atoms with Gasteiger partial charge < -0.3 is 19.3 Å². The van der Waals surface area contributed by atoms with E-state index in [-0.39, 0.29) is 31.0 Å². The van der Waals surface area contributed by atoms with E-state index in [1.54, 1.807) is 0 Å². The van der Waals surface area contributed by atoms with Crippen molar-refractivity contribution in [3.8, 4) is 0 Å². The largest absolute Gasteiger partial charge is 0.394 e. The summed E-state index contributed by atoms with van der Waals surface area (Å²) in [7, 11) is 0. The predicted octanol–water partition coefficient (Wildman–Crippen LogP) is 0.491. The smallest absolute Gasteiger partial charge is 0.187 e. The summed E-state index contributed by atoms with van der Waals surface area (Å²) in [5.74, 6) is -0.360. The summed E-state index contributed by atoms with van der Waals surface area (Å²) >= 11 is 0. The van der Waals surface area contributed by atoms with Gasteiger partial charge in [-0.1, -0.05) is 6.92 Å². The van der Waals surface area contributed by atoms with Crippen LogP contribution in [-0.4, -0.2) is 36.0 Å². The average Bonchev–Trinajstić information content (AvgIpc) is 2.47. The quantitative estimate of drug-likeness (QED) is 0.650. The van der Waals surface area contributed by atoms with Crippen LogP contribution < -0.4 is 0 Å². The van der Waals surface area contributed by atoms with E-state index in [0.29, 0.717) is 0 Å². The predicted molar refractivity (Wildman–Crippen MR) is 44.9 cm³/mol. The zero-order valence-corrected chi connectivity index (χ0v) is 8.19.